The zero-order chi connectivity index (χ0) is 32.3. The summed E-state index contributed by atoms with van der Waals surface area (Å²) < 4.78 is 18.7. The molecule has 9 heteroatoms. The SMILES string of the molecule is CC1C2C(O)C(O)C3(C)C(O)CC4OCC4C3C(OC(O)c3ccccc3)C(O)(C[C@H]1OC(O)CCc1ccccc1)C2(C)C. The van der Waals surface area contributed by atoms with Crippen LogP contribution < -0.4 is 0 Å². The maximum absolute atomic E-state index is 13.2. The quantitative estimate of drug-likeness (QED) is 0.243. The Hall–Kier alpha value is -1.92. The normalized spacial score (nSPS) is 43.5. The third-order valence-corrected chi connectivity index (χ3v) is 12.3. The summed E-state index contributed by atoms with van der Waals surface area (Å²) in [6.07, 6.45) is -7.12. The first-order valence-corrected chi connectivity index (χ1v) is 16.4. The van der Waals surface area contributed by atoms with Crippen molar-refractivity contribution < 1.29 is 44.8 Å². The van der Waals surface area contributed by atoms with Crippen molar-refractivity contribution in [2.75, 3.05) is 6.61 Å². The molecule has 13 unspecified atom stereocenters. The molecule has 2 aromatic rings. The highest BCUT2D eigenvalue weighted by molar-refractivity contribution is 5.23. The second-order valence-corrected chi connectivity index (χ2v) is 14.8. The van der Waals surface area contributed by atoms with Crippen molar-refractivity contribution in [2.24, 2.45) is 34.5 Å². The van der Waals surface area contributed by atoms with E-state index in [4.69, 9.17) is 14.2 Å². The van der Waals surface area contributed by atoms with Crippen LogP contribution in [0.1, 0.15) is 64.4 Å². The maximum Gasteiger partial charge on any atom is 0.181 e. The lowest BCUT2D eigenvalue weighted by atomic mass is 9.43. The van der Waals surface area contributed by atoms with Gasteiger partial charge in [0.15, 0.2) is 12.6 Å². The van der Waals surface area contributed by atoms with Gasteiger partial charge in [0.25, 0.3) is 0 Å². The van der Waals surface area contributed by atoms with Crippen LogP contribution in [0.5, 0.6) is 0 Å². The molecule has 0 amide bonds. The molecule has 1 aliphatic heterocycles. The lowest BCUT2D eigenvalue weighted by Crippen LogP contribution is -2.78. The number of ether oxygens (including phenoxy) is 3. The van der Waals surface area contributed by atoms with E-state index in [1.54, 1.807) is 31.2 Å². The predicted molar refractivity (Wildman–Crippen MR) is 165 cm³/mol. The Labute approximate surface area is 265 Å². The summed E-state index contributed by atoms with van der Waals surface area (Å²) in [5, 5.41) is 71.5. The molecule has 4 fully saturated rings. The summed E-state index contributed by atoms with van der Waals surface area (Å²) in [4.78, 5) is 0. The summed E-state index contributed by atoms with van der Waals surface area (Å²) >= 11 is 0. The summed E-state index contributed by atoms with van der Waals surface area (Å²) in [6, 6.07) is 18.7. The molecule has 1 heterocycles. The molecular weight excluding hydrogens is 576 g/mol. The summed E-state index contributed by atoms with van der Waals surface area (Å²) in [5.41, 5.74) is -2.47. The molecule has 0 radical (unpaired) electrons. The first-order chi connectivity index (χ1) is 21.3. The third kappa shape index (κ3) is 5.38. The van der Waals surface area contributed by atoms with E-state index in [1.807, 2.05) is 57.2 Å². The average Bonchev–Trinajstić information content (AvgIpc) is 3.01. The van der Waals surface area contributed by atoms with Gasteiger partial charge in [-0.05, 0) is 17.9 Å². The molecular formula is C36H50O9. The number of aliphatic hydroxyl groups is 6. The van der Waals surface area contributed by atoms with Crippen molar-refractivity contribution in [1.82, 2.24) is 0 Å². The van der Waals surface area contributed by atoms with E-state index in [-0.39, 0.29) is 24.9 Å². The Kier molecular flexibility index (Phi) is 9.00. The van der Waals surface area contributed by atoms with Gasteiger partial charge in [0.05, 0.1) is 48.8 Å². The van der Waals surface area contributed by atoms with Gasteiger partial charge in [0.1, 0.15) is 0 Å². The summed E-state index contributed by atoms with van der Waals surface area (Å²) in [7, 11) is 0. The first kappa shape index (κ1) is 33.0. The monoisotopic (exact) mass is 626 g/mol. The first-order valence-electron chi connectivity index (χ1n) is 16.4. The molecule has 4 aliphatic rings. The Morgan fingerprint density at radius 3 is 2.18 bits per heavy atom. The number of aryl methyl sites for hydroxylation is 1. The van der Waals surface area contributed by atoms with Gasteiger partial charge in [-0.3, -0.25) is 0 Å². The maximum atomic E-state index is 13.2. The minimum Gasteiger partial charge on any atom is -0.392 e. The van der Waals surface area contributed by atoms with E-state index in [0.717, 1.165) is 5.56 Å². The average molecular weight is 627 g/mol. The van der Waals surface area contributed by atoms with Crippen LogP contribution in [0.3, 0.4) is 0 Å². The van der Waals surface area contributed by atoms with Crippen LogP contribution >= 0.6 is 0 Å². The second-order valence-electron chi connectivity index (χ2n) is 14.8. The summed E-state index contributed by atoms with van der Waals surface area (Å²) in [6.45, 7) is 7.76. The Bertz CT molecular complexity index is 1290. The van der Waals surface area contributed by atoms with Crippen LogP contribution in [0, 0.1) is 34.5 Å². The highest BCUT2D eigenvalue weighted by Crippen LogP contribution is 2.64. The van der Waals surface area contributed by atoms with Gasteiger partial charge in [-0.25, -0.2) is 0 Å². The molecule has 3 aliphatic carbocycles. The fourth-order valence-electron chi connectivity index (χ4n) is 9.45. The van der Waals surface area contributed by atoms with E-state index in [9.17, 15) is 30.6 Å². The molecule has 0 aromatic heterocycles. The predicted octanol–water partition coefficient (Wildman–Crippen LogP) is 2.95. The van der Waals surface area contributed by atoms with E-state index < -0.39 is 77.3 Å². The van der Waals surface area contributed by atoms with Crippen molar-refractivity contribution in [3.63, 3.8) is 0 Å². The van der Waals surface area contributed by atoms with Crippen molar-refractivity contribution in [2.45, 2.75) is 108 Å². The highest BCUT2D eigenvalue weighted by Gasteiger charge is 2.73. The van der Waals surface area contributed by atoms with Gasteiger partial charge < -0.3 is 44.8 Å². The smallest absolute Gasteiger partial charge is 0.181 e. The van der Waals surface area contributed by atoms with E-state index in [2.05, 4.69) is 0 Å². The molecule has 14 atom stereocenters. The molecule has 2 aromatic carbocycles. The molecule has 9 nitrogen and oxygen atoms in total. The zero-order valence-corrected chi connectivity index (χ0v) is 26.6. The molecule has 248 valence electrons. The van der Waals surface area contributed by atoms with Gasteiger partial charge in [-0.1, -0.05) is 88.4 Å². The number of benzene rings is 2. The Balaban J connectivity index is 1.41. The fourth-order valence-corrected chi connectivity index (χ4v) is 9.45. The minimum absolute atomic E-state index is 0.0516. The van der Waals surface area contributed by atoms with Crippen molar-refractivity contribution in [3.8, 4) is 0 Å². The largest absolute Gasteiger partial charge is 0.392 e. The lowest BCUT2D eigenvalue weighted by molar-refractivity contribution is -0.363. The number of hydrogen-bond donors (Lipinski definition) is 6. The van der Waals surface area contributed by atoms with Gasteiger partial charge in [0.2, 0.25) is 0 Å². The number of hydrogen-bond acceptors (Lipinski definition) is 9. The molecule has 0 spiro atoms. The summed E-state index contributed by atoms with van der Waals surface area (Å²) in [5.74, 6) is -1.99. The Morgan fingerprint density at radius 2 is 1.56 bits per heavy atom. The van der Waals surface area contributed by atoms with Crippen LogP contribution in [0.15, 0.2) is 60.7 Å². The number of fused-ring (bicyclic) bond motifs is 5. The third-order valence-electron chi connectivity index (χ3n) is 12.3. The molecule has 6 N–H and O–H groups in total. The second kappa shape index (κ2) is 12.3. The number of rotatable bonds is 8. The standard InChI is InChI=1S/C36H50O9/c1-20-25(44-27(38)16-15-21-11-7-5-8-12-21)18-36(42)32(45-33(41)22-13-9-6-10-14-22)29-23-19-43-24(23)17-26(37)35(29,4)31(40)30(39)28(20)34(36,2)3/h5-14,20,23-33,37-42H,15-19H2,1-4H3/t20?,23?,24?,25-,26?,27?,28?,29?,30?,31?,32?,33?,35?,36?/m1/s1. The van der Waals surface area contributed by atoms with Crippen LogP contribution in [-0.2, 0) is 20.6 Å². The van der Waals surface area contributed by atoms with E-state index in [0.29, 0.717) is 25.0 Å². The van der Waals surface area contributed by atoms with E-state index >= 15 is 0 Å². The molecule has 45 heavy (non-hydrogen) atoms. The van der Waals surface area contributed by atoms with Crippen LogP contribution in [-0.4, -0.2) is 85.8 Å². The van der Waals surface area contributed by atoms with Crippen LogP contribution in [0.4, 0.5) is 0 Å². The van der Waals surface area contributed by atoms with Crippen LogP contribution in [0.25, 0.3) is 0 Å². The number of aliphatic hydroxyl groups excluding tert-OH is 5. The minimum atomic E-state index is -1.71. The topological polar surface area (TPSA) is 149 Å². The van der Waals surface area contributed by atoms with Gasteiger partial charge in [-0.15, -0.1) is 0 Å². The fraction of sp³-hybridized carbons (Fsp3) is 0.667. The molecule has 6 rings (SSSR count). The van der Waals surface area contributed by atoms with Gasteiger partial charge in [-0.2, -0.15) is 0 Å². The van der Waals surface area contributed by atoms with Crippen molar-refractivity contribution >= 4 is 0 Å². The van der Waals surface area contributed by atoms with Crippen molar-refractivity contribution in [3.05, 3.63) is 71.8 Å². The molecule has 3 saturated carbocycles. The van der Waals surface area contributed by atoms with Crippen LogP contribution in [0.2, 0.25) is 0 Å². The van der Waals surface area contributed by atoms with Crippen molar-refractivity contribution in [1.29, 1.82) is 0 Å². The highest BCUT2D eigenvalue weighted by atomic mass is 16.6. The van der Waals surface area contributed by atoms with Gasteiger partial charge >= 0.3 is 0 Å². The molecule has 1 saturated heterocycles. The zero-order valence-electron chi connectivity index (χ0n) is 26.6. The van der Waals surface area contributed by atoms with E-state index in [1.165, 1.54) is 0 Å². The molecule has 2 bridgehead atoms. The van der Waals surface area contributed by atoms with Gasteiger partial charge in [0, 0.05) is 53.4 Å². The Morgan fingerprint density at radius 1 is 0.911 bits per heavy atom. The lowest BCUT2D eigenvalue weighted by Gasteiger charge is -2.69.